The van der Waals surface area contributed by atoms with Crippen LogP contribution in [0, 0.1) is 0 Å². The average Bonchev–Trinajstić information content (AvgIpc) is 2.64. The lowest BCUT2D eigenvalue weighted by Gasteiger charge is -2.36. The van der Waals surface area contributed by atoms with Crippen LogP contribution in [0.3, 0.4) is 0 Å². The molecular weight excluding hydrogens is 380 g/mol. The predicted molar refractivity (Wildman–Crippen MR) is 105 cm³/mol. The van der Waals surface area contributed by atoms with E-state index in [2.05, 4.69) is 25.7 Å². The van der Waals surface area contributed by atoms with Gasteiger partial charge in [0.05, 0.1) is 0 Å². The Bertz CT molecular complexity index is 693. The Morgan fingerprint density at radius 2 is 1.64 bits per heavy atom. The van der Waals surface area contributed by atoms with Crippen LogP contribution in [0.25, 0.3) is 0 Å². The van der Waals surface area contributed by atoms with E-state index in [0.29, 0.717) is 6.61 Å². The van der Waals surface area contributed by atoms with Crippen molar-refractivity contribution >= 4 is 27.4 Å². The zero-order valence-corrected chi connectivity index (χ0v) is 16.0. The molecule has 25 heavy (non-hydrogen) atoms. The highest BCUT2D eigenvalue weighted by Gasteiger charge is 2.17. The van der Waals surface area contributed by atoms with Crippen molar-refractivity contribution in [2.24, 2.45) is 0 Å². The second-order valence-electron chi connectivity index (χ2n) is 6.23. The van der Waals surface area contributed by atoms with Gasteiger partial charge in [0.2, 0.25) is 0 Å². The molecule has 0 radical (unpaired) electrons. The van der Waals surface area contributed by atoms with Crippen molar-refractivity contribution in [3.63, 3.8) is 0 Å². The number of rotatable bonds is 6. The first-order valence-electron chi connectivity index (χ1n) is 8.58. The minimum absolute atomic E-state index is 0.113. The molecule has 0 unspecified atom stereocenters. The lowest BCUT2D eigenvalue weighted by Crippen LogP contribution is -2.47. The number of carbonyl (C=O) groups is 1. The number of piperazine rings is 1. The van der Waals surface area contributed by atoms with Crippen LogP contribution in [0.4, 0.5) is 5.69 Å². The van der Waals surface area contributed by atoms with Gasteiger partial charge in [-0.25, -0.2) is 0 Å². The molecule has 0 N–H and O–H groups in total. The fraction of sp³-hybridized carbons (Fsp3) is 0.350. The second kappa shape index (κ2) is 8.50. The minimum Gasteiger partial charge on any atom is -0.492 e. The molecule has 1 aliphatic rings. The summed E-state index contributed by atoms with van der Waals surface area (Å²) in [5, 5.41) is 0. The van der Waals surface area contributed by atoms with Crippen molar-refractivity contribution in [2.45, 2.75) is 6.92 Å². The molecule has 1 heterocycles. The smallest absolute Gasteiger partial charge is 0.159 e. The van der Waals surface area contributed by atoms with E-state index in [-0.39, 0.29) is 5.78 Å². The Morgan fingerprint density at radius 3 is 2.24 bits per heavy atom. The van der Waals surface area contributed by atoms with Crippen molar-refractivity contribution in [1.29, 1.82) is 0 Å². The van der Waals surface area contributed by atoms with Crippen LogP contribution in [-0.2, 0) is 0 Å². The monoisotopic (exact) mass is 402 g/mol. The number of hydrogen-bond donors (Lipinski definition) is 0. The van der Waals surface area contributed by atoms with E-state index in [1.165, 1.54) is 5.69 Å². The van der Waals surface area contributed by atoms with Gasteiger partial charge >= 0.3 is 0 Å². The molecule has 0 amide bonds. The Morgan fingerprint density at radius 1 is 1.00 bits per heavy atom. The topological polar surface area (TPSA) is 32.8 Å². The highest BCUT2D eigenvalue weighted by molar-refractivity contribution is 9.10. The van der Waals surface area contributed by atoms with Crippen molar-refractivity contribution in [3.05, 3.63) is 58.6 Å². The minimum atomic E-state index is 0.113. The maximum atomic E-state index is 11.4. The molecule has 1 fully saturated rings. The Kier molecular flexibility index (Phi) is 6.10. The zero-order chi connectivity index (χ0) is 17.6. The molecule has 0 atom stereocenters. The highest BCUT2D eigenvalue weighted by atomic mass is 79.9. The summed E-state index contributed by atoms with van der Waals surface area (Å²) in [6.45, 7) is 7.29. The lowest BCUT2D eigenvalue weighted by atomic mass is 10.1. The number of Topliss-reactive ketones (excluding diaryl/α,β-unsaturated/α-hetero) is 1. The van der Waals surface area contributed by atoms with Crippen LogP contribution >= 0.6 is 15.9 Å². The van der Waals surface area contributed by atoms with Gasteiger partial charge in [0.25, 0.3) is 0 Å². The van der Waals surface area contributed by atoms with Crippen LogP contribution < -0.4 is 9.64 Å². The summed E-state index contributed by atoms with van der Waals surface area (Å²) in [6.07, 6.45) is 0. The highest BCUT2D eigenvalue weighted by Crippen LogP contribution is 2.18. The number of anilines is 1. The molecular formula is C20H23BrN2O2. The quantitative estimate of drug-likeness (QED) is 0.686. The van der Waals surface area contributed by atoms with Gasteiger partial charge in [0, 0.05) is 48.4 Å². The maximum absolute atomic E-state index is 11.4. The van der Waals surface area contributed by atoms with E-state index in [4.69, 9.17) is 4.74 Å². The van der Waals surface area contributed by atoms with Crippen LogP contribution in [0.1, 0.15) is 17.3 Å². The molecule has 0 aliphatic carbocycles. The van der Waals surface area contributed by atoms with Crippen molar-refractivity contribution in [2.75, 3.05) is 44.2 Å². The number of nitrogens with zero attached hydrogens (tertiary/aromatic N) is 2. The molecule has 0 bridgehead atoms. The molecule has 0 aromatic heterocycles. The van der Waals surface area contributed by atoms with E-state index in [1.807, 2.05) is 48.5 Å². The average molecular weight is 403 g/mol. The van der Waals surface area contributed by atoms with Gasteiger partial charge < -0.3 is 9.64 Å². The molecule has 0 spiro atoms. The number of ether oxygens (including phenoxy) is 1. The van der Waals surface area contributed by atoms with E-state index in [0.717, 1.165) is 48.5 Å². The summed E-state index contributed by atoms with van der Waals surface area (Å²) in [7, 11) is 0. The Balaban J connectivity index is 1.42. The Hall–Kier alpha value is -1.85. The summed E-state index contributed by atoms with van der Waals surface area (Å²) in [5.74, 6) is 1.02. The third-order valence-electron chi connectivity index (χ3n) is 4.50. The maximum Gasteiger partial charge on any atom is 0.159 e. The van der Waals surface area contributed by atoms with E-state index < -0.39 is 0 Å². The van der Waals surface area contributed by atoms with Gasteiger partial charge in [0.15, 0.2) is 5.78 Å². The van der Waals surface area contributed by atoms with E-state index in [1.54, 1.807) is 6.92 Å². The standard InChI is InChI=1S/C20H23BrN2O2/c1-16(24)17-2-6-19(7-3-17)23-12-10-22(11-13-23)14-15-25-20-8-4-18(21)5-9-20/h2-9H,10-15H2,1H3. The third kappa shape index (κ3) is 5.06. The SMILES string of the molecule is CC(=O)c1ccc(N2CCN(CCOc3ccc(Br)cc3)CC2)cc1. The number of carbonyl (C=O) groups excluding carboxylic acids is 1. The van der Waals surface area contributed by atoms with Crippen LogP contribution in [0.2, 0.25) is 0 Å². The van der Waals surface area contributed by atoms with Gasteiger partial charge in [-0.05, 0) is 55.5 Å². The third-order valence-corrected chi connectivity index (χ3v) is 5.03. The normalized spacial score (nSPS) is 15.2. The Labute approximate surface area is 157 Å². The number of benzene rings is 2. The zero-order valence-electron chi connectivity index (χ0n) is 14.5. The number of halogens is 1. The van der Waals surface area contributed by atoms with Crippen LogP contribution in [0.15, 0.2) is 53.0 Å². The van der Waals surface area contributed by atoms with Crippen LogP contribution in [0.5, 0.6) is 5.75 Å². The fourth-order valence-electron chi connectivity index (χ4n) is 2.96. The van der Waals surface area contributed by atoms with Gasteiger partial charge in [-0.15, -0.1) is 0 Å². The molecule has 2 aromatic carbocycles. The first kappa shape index (κ1) is 18.0. The lowest BCUT2D eigenvalue weighted by molar-refractivity contribution is 0.101. The summed E-state index contributed by atoms with van der Waals surface area (Å²) < 4.78 is 6.87. The molecule has 5 heteroatoms. The largest absolute Gasteiger partial charge is 0.492 e. The number of ketones is 1. The van der Waals surface area contributed by atoms with Gasteiger partial charge in [0.1, 0.15) is 12.4 Å². The van der Waals surface area contributed by atoms with Crippen molar-refractivity contribution in [1.82, 2.24) is 4.90 Å². The van der Waals surface area contributed by atoms with Gasteiger partial charge in [-0.1, -0.05) is 15.9 Å². The van der Waals surface area contributed by atoms with E-state index >= 15 is 0 Å². The first-order valence-corrected chi connectivity index (χ1v) is 9.38. The summed E-state index contributed by atoms with van der Waals surface area (Å²) in [6, 6.07) is 15.9. The molecule has 132 valence electrons. The second-order valence-corrected chi connectivity index (χ2v) is 7.15. The first-order chi connectivity index (χ1) is 12.1. The molecule has 0 saturated carbocycles. The van der Waals surface area contributed by atoms with Gasteiger partial charge in [-0.3, -0.25) is 9.69 Å². The molecule has 1 saturated heterocycles. The molecule has 3 rings (SSSR count). The van der Waals surface area contributed by atoms with Gasteiger partial charge in [-0.2, -0.15) is 0 Å². The van der Waals surface area contributed by atoms with Crippen molar-refractivity contribution < 1.29 is 9.53 Å². The molecule has 4 nitrogen and oxygen atoms in total. The molecule has 2 aromatic rings. The summed E-state index contributed by atoms with van der Waals surface area (Å²) >= 11 is 3.43. The number of hydrogen-bond acceptors (Lipinski definition) is 4. The molecule has 1 aliphatic heterocycles. The fourth-order valence-corrected chi connectivity index (χ4v) is 3.22. The summed E-state index contributed by atoms with van der Waals surface area (Å²) in [5.41, 5.74) is 1.96. The van der Waals surface area contributed by atoms with Crippen molar-refractivity contribution in [3.8, 4) is 5.75 Å². The van der Waals surface area contributed by atoms with Crippen LogP contribution in [-0.4, -0.2) is 50.0 Å². The van der Waals surface area contributed by atoms with E-state index in [9.17, 15) is 4.79 Å². The predicted octanol–water partition coefficient (Wildman–Crippen LogP) is 3.85. The summed E-state index contributed by atoms with van der Waals surface area (Å²) in [4.78, 5) is 16.2.